The van der Waals surface area contributed by atoms with Crippen molar-refractivity contribution < 1.29 is 9.13 Å². The van der Waals surface area contributed by atoms with E-state index in [0.717, 1.165) is 17.8 Å². The van der Waals surface area contributed by atoms with Crippen molar-refractivity contribution in [2.45, 2.75) is 27.3 Å². The predicted molar refractivity (Wildman–Crippen MR) is 79.8 cm³/mol. The van der Waals surface area contributed by atoms with Crippen LogP contribution in [-0.2, 0) is 6.54 Å². The molecule has 2 rings (SSSR count). The number of nitrogens with one attached hydrogen (secondary N) is 1. The maximum Gasteiger partial charge on any atom is 0.238 e. The first-order valence-corrected chi connectivity index (χ1v) is 7.00. The predicted octanol–water partition coefficient (Wildman–Crippen LogP) is 3.46. The van der Waals surface area contributed by atoms with Crippen LogP contribution in [0.5, 0.6) is 11.6 Å². The van der Waals surface area contributed by atoms with Gasteiger partial charge in [0.15, 0.2) is 0 Å². The number of aryl methyl sites for hydroxylation is 1. The molecule has 2 aromatic rings. The minimum Gasteiger partial charge on any atom is -0.437 e. The second kappa shape index (κ2) is 7.13. The molecule has 1 aromatic heterocycles. The van der Waals surface area contributed by atoms with Crippen molar-refractivity contribution in [1.29, 1.82) is 0 Å². The van der Waals surface area contributed by atoms with Gasteiger partial charge in [-0.2, -0.15) is 0 Å². The Morgan fingerprint density at radius 2 is 2.10 bits per heavy atom. The Balaban J connectivity index is 2.05. The van der Waals surface area contributed by atoms with Crippen molar-refractivity contribution in [3.8, 4) is 11.6 Å². The first-order valence-electron chi connectivity index (χ1n) is 7.00. The Morgan fingerprint density at radius 3 is 2.86 bits per heavy atom. The molecule has 0 aliphatic heterocycles. The van der Waals surface area contributed by atoms with Crippen molar-refractivity contribution in [1.82, 2.24) is 15.3 Å². The minimum atomic E-state index is -0.335. The molecule has 0 spiro atoms. The Bertz CT molecular complexity index is 602. The molecular weight excluding hydrogens is 269 g/mol. The molecule has 0 unspecified atom stereocenters. The van der Waals surface area contributed by atoms with Crippen LogP contribution in [0.4, 0.5) is 4.39 Å². The summed E-state index contributed by atoms with van der Waals surface area (Å²) < 4.78 is 18.9. The van der Waals surface area contributed by atoms with Gasteiger partial charge in [-0.3, -0.25) is 4.98 Å². The molecule has 112 valence electrons. The van der Waals surface area contributed by atoms with Gasteiger partial charge in [0, 0.05) is 18.8 Å². The second-order valence-electron chi connectivity index (χ2n) is 5.39. The third kappa shape index (κ3) is 4.79. The SMILES string of the molecule is Cc1ccc(F)cc1Oc1cncc(CNCC(C)C)n1. The summed E-state index contributed by atoms with van der Waals surface area (Å²) >= 11 is 0. The van der Waals surface area contributed by atoms with Crippen molar-refractivity contribution in [3.63, 3.8) is 0 Å². The average Bonchev–Trinajstić information content (AvgIpc) is 2.43. The molecule has 0 aliphatic carbocycles. The van der Waals surface area contributed by atoms with Gasteiger partial charge >= 0.3 is 0 Å². The fraction of sp³-hybridized carbons (Fsp3) is 0.375. The van der Waals surface area contributed by atoms with E-state index in [9.17, 15) is 4.39 Å². The summed E-state index contributed by atoms with van der Waals surface area (Å²) in [5, 5.41) is 3.29. The van der Waals surface area contributed by atoms with E-state index in [1.165, 1.54) is 18.3 Å². The lowest BCUT2D eigenvalue weighted by Crippen LogP contribution is -2.19. The van der Waals surface area contributed by atoms with Crippen LogP contribution >= 0.6 is 0 Å². The lowest BCUT2D eigenvalue weighted by Gasteiger charge is -2.10. The smallest absolute Gasteiger partial charge is 0.238 e. The van der Waals surface area contributed by atoms with Gasteiger partial charge < -0.3 is 10.1 Å². The first kappa shape index (κ1) is 15.4. The molecule has 4 nitrogen and oxygen atoms in total. The largest absolute Gasteiger partial charge is 0.437 e. The van der Waals surface area contributed by atoms with E-state index in [4.69, 9.17) is 4.74 Å². The molecule has 1 N–H and O–H groups in total. The first-order chi connectivity index (χ1) is 10.0. The molecule has 0 fully saturated rings. The van der Waals surface area contributed by atoms with Gasteiger partial charge in [0.05, 0.1) is 11.9 Å². The zero-order valence-electron chi connectivity index (χ0n) is 12.6. The summed E-state index contributed by atoms with van der Waals surface area (Å²) in [5.41, 5.74) is 1.64. The normalized spacial score (nSPS) is 10.9. The average molecular weight is 289 g/mol. The summed E-state index contributed by atoms with van der Waals surface area (Å²) in [6.07, 6.45) is 3.22. The lowest BCUT2D eigenvalue weighted by molar-refractivity contribution is 0.447. The molecule has 0 amide bonds. The third-order valence-electron chi connectivity index (χ3n) is 2.89. The van der Waals surface area contributed by atoms with Crippen molar-refractivity contribution in [2.75, 3.05) is 6.54 Å². The Labute approximate surface area is 124 Å². The van der Waals surface area contributed by atoms with Gasteiger partial charge in [0.25, 0.3) is 0 Å². The van der Waals surface area contributed by atoms with Crippen LogP contribution in [0.1, 0.15) is 25.1 Å². The quantitative estimate of drug-likeness (QED) is 0.884. The molecule has 0 saturated heterocycles. The molecule has 1 aromatic carbocycles. The maximum absolute atomic E-state index is 13.2. The maximum atomic E-state index is 13.2. The number of halogens is 1. The van der Waals surface area contributed by atoms with E-state index in [1.807, 2.05) is 6.92 Å². The highest BCUT2D eigenvalue weighted by Gasteiger charge is 2.06. The summed E-state index contributed by atoms with van der Waals surface area (Å²) in [6.45, 7) is 7.69. The van der Waals surface area contributed by atoms with Gasteiger partial charge in [-0.15, -0.1) is 0 Å². The zero-order chi connectivity index (χ0) is 15.2. The van der Waals surface area contributed by atoms with Crippen LogP contribution in [-0.4, -0.2) is 16.5 Å². The van der Waals surface area contributed by atoms with Crippen LogP contribution in [0.2, 0.25) is 0 Å². The van der Waals surface area contributed by atoms with E-state index in [1.54, 1.807) is 12.3 Å². The summed E-state index contributed by atoms with van der Waals surface area (Å²) in [7, 11) is 0. The molecule has 0 aliphatic rings. The molecule has 21 heavy (non-hydrogen) atoms. The van der Waals surface area contributed by atoms with E-state index in [-0.39, 0.29) is 5.82 Å². The number of benzene rings is 1. The Kier molecular flexibility index (Phi) is 5.22. The summed E-state index contributed by atoms with van der Waals surface area (Å²) in [5.74, 6) is 1.06. The standard InChI is InChI=1S/C16H20FN3O/c1-11(2)7-18-8-14-9-19-10-16(20-14)21-15-6-13(17)5-4-12(15)3/h4-6,9-11,18H,7-8H2,1-3H3. The molecule has 0 bridgehead atoms. The van der Waals surface area contributed by atoms with Gasteiger partial charge in [-0.05, 0) is 31.0 Å². The van der Waals surface area contributed by atoms with Crippen LogP contribution in [0, 0.1) is 18.7 Å². The molecule has 0 radical (unpaired) electrons. The zero-order valence-corrected chi connectivity index (χ0v) is 12.6. The molecule has 5 heteroatoms. The molecule has 0 saturated carbocycles. The second-order valence-corrected chi connectivity index (χ2v) is 5.39. The van der Waals surface area contributed by atoms with E-state index in [2.05, 4.69) is 29.1 Å². The molecule has 0 atom stereocenters. The number of hydrogen-bond donors (Lipinski definition) is 1. The highest BCUT2D eigenvalue weighted by molar-refractivity contribution is 5.35. The topological polar surface area (TPSA) is 47.0 Å². The fourth-order valence-corrected chi connectivity index (χ4v) is 1.81. The van der Waals surface area contributed by atoms with Crippen LogP contribution in [0.25, 0.3) is 0 Å². The summed E-state index contributed by atoms with van der Waals surface area (Å²) in [6, 6.07) is 4.42. The number of hydrogen-bond acceptors (Lipinski definition) is 4. The van der Waals surface area contributed by atoms with E-state index >= 15 is 0 Å². The van der Waals surface area contributed by atoms with Crippen molar-refractivity contribution in [2.24, 2.45) is 5.92 Å². The van der Waals surface area contributed by atoms with Crippen molar-refractivity contribution >= 4 is 0 Å². The van der Waals surface area contributed by atoms with Gasteiger partial charge in [-0.25, -0.2) is 9.37 Å². The van der Waals surface area contributed by atoms with Crippen LogP contribution in [0.3, 0.4) is 0 Å². The number of rotatable bonds is 6. The summed E-state index contributed by atoms with van der Waals surface area (Å²) in [4.78, 5) is 8.48. The number of aromatic nitrogens is 2. The molecule has 1 heterocycles. The van der Waals surface area contributed by atoms with Gasteiger partial charge in [0.2, 0.25) is 5.88 Å². The fourth-order valence-electron chi connectivity index (χ4n) is 1.81. The number of ether oxygens (including phenoxy) is 1. The van der Waals surface area contributed by atoms with Gasteiger partial charge in [0.1, 0.15) is 11.6 Å². The van der Waals surface area contributed by atoms with Crippen LogP contribution in [0.15, 0.2) is 30.6 Å². The van der Waals surface area contributed by atoms with Gasteiger partial charge in [-0.1, -0.05) is 19.9 Å². The number of nitrogens with zero attached hydrogens (tertiary/aromatic N) is 2. The lowest BCUT2D eigenvalue weighted by atomic mass is 10.2. The highest BCUT2D eigenvalue weighted by atomic mass is 19.1. The molecular formula is C16H20FN3O. The van der Waals surface area contributed by atoms with Crippen molar-refractivity contribution in [3.05, 3.63) is 47.7 Å². The Morgan fingerprint density at radius 1 is 1.29 bits per heavy atom. The third-order valence-corrected chi connectivity index (χ3v) is 2.89. The van der Waals surface area contributed by atoms with E-state index in [0.29, 0.717) is 24.1 Å². The van der Waals surface area contributed by atoms with E-state index < -0.39 is 0 Å². The highest BCUT2D eigenvalue weighted by Crippen LogP contribution is 2.24. The minimum absolute atomic E-state index is 0.335. The van der Waals surface area contributed by atoms with Crippen LogP contribution < -0.4 is 10.1 Å². The monoisotopic (exact) mass is 289 g/mol. The Hall–Kier alpha value is -2.01.